The third-order valence-electron chi connectivity index (χ3n) is 5.36. The fourth-order valence-electron chi connectivity index (χ4n) is 3.78. The minimum atomic E-state index is -1.37. The van der Waals surface area contributed by atoms with E-state index in [-0.39, 0.29) is 5.56 Å². The van der Waals surface area contributed by atoms with E-state index in [1.54, 1.807) is 6.20 Å². The molecule has 0 aliphatic heterocycles. The number of halogens is 3. The minimum Gasteiger partial charge on any atom is -0.481 e. The van der Waals surface area contributed by atoms with Gasteiger partial charge in [-0.15, -0.1) is 0 Å². The monoisotopic (exact) mass is 495 g/mol. The highest BCUT2D eigenvalue weighted by molar-refractivity contribution is 9.10. The maximum Gasteiger partial charge on any atom is 0.216 e. The van der Waals surface area contributed by atoms with Crippen molar-refractivity contribution >= 4 is 15.9 Å². The number of pyridine rings is 1. The van der Waals surface area contributed by atoms with E-state index in [4.69, 9.17) is 4.74 Å². The maximum atomic E-state index is 14.6. The fraction of sp³-hybridized carbons (Fsp3) is 0.115. The van der Waals surface area contributed by atoms with E-state index in [1.165, 1.54) is 19.2 Å². The van der Waals surface area contributed by atoms with Gasteiger partial charge in [0.15, 0.2) is 11.6 Å². The van der Waals surface area contributed by atoms with Gasteiger partial charge in [-0.1, -0.05) is 70.5 Å². The van der Waals surface area contributed by atoms with Crippen molar-refractivity contribution < 1.29 is 18.6 Å². The summed E-state index contributed by atoms with van der Waals surface area (Å²) in [7, 11) is 1.49. The number of methoxy groups -OCH3 is 1. The number of aliphatic hydroxyl groups is 1. The Bertz CT molecular complexity index is 1220. The SMILES string of the molecule is COc1ncc(-c2ccc(Br)cc2)cc1C(c1ccccc1)C(O)c1cccc(F)c1F. The molecule has 2 unspecified atom stereocenters. The van der Waals surface area contributed by atoms with Crippen LogP contribution in [0.1, 0.15) is 28.7 Å². The first-order valence-electron chi connectivity index (χ1n) is 9.96. The molecule has 1 aromatic heterocycles. The van der Waals surface area contributed by atoms with Gasteiger partial charge in [-0.05, 0) is 35.4 Å². The molecule has 32 heavy (non-hydrogen) atoms. The van der Waals surface area contributed by atoms with Crippen LogP contribution in [0.5, 0.6) is 5.88 Å². The predicted octanol–water partition coefficient (Wildman–Crippen LogP) is 6.66. The van der Waals surface area contributed by atoms with Crippen LogP contribution < -0.4 is 4.74 Å². The fourth-order valence-corrected chi connectivity index (χ4v) is 4.05. The van der Waals surface area contributed by atoms with Crippen molar-refractivity contribution in [1.82, 2.24) is 4.98 Å². The number of benzene rings is 3. The largest absolute Gasteiger partial charge is 0.481 e. The lowest BCUT2D eigenvalue weighted by atomic mass is 9.83. The number of ether oxygens (including phenoxy) is 1. The van der Waals surface area contributed by atoms with Gasteiger partial charge in [0.25, 0.3) is 0 Å². The molecule has 4 rings (SSSR count). The molecule has 0 amide bonds. The third-order valence-corrected chi connectivity index (χ3v) is 5.89. The van der Waals surface area contributed by atoms with Crippen LogP contribution in [0.3, 0.4) is 0 Å². The summed E-state index contributed by atoms with van der Waals surface area (Å²) in [5, 5.41) is 11.3. The molecule has 1 N–H and O–H groups in total. The summed E-state index contributed by atoms with van der Waals surface area (Å²) >= 11 is 3.43. The van der Waals surface area contributed by atoms with E-state index < -0.39 is 23.7 Å². The zero-order valence-corrected chi connectivity index (χ0v) is 18.8. The maximum absolute atomic E-state index is 14.6. The molecule has 4 aromatic rings. The van der Waals surface area contributed by atoms with E-state index >= 15 is 0 Å². The summed E-state index contributed by atoms with van der Waals surface area (Å²) in [6.45, 7) is 0. The summed E-state index contributed by atoms with van der Waals surface area (Å²) in [6, 6.07) is 22.6. The Morgan fingerprint density at radius 3 is 2.28 bits per heavy atom. The van der Waals surface area contributed by atoms with Gasteiger partial charge in [0.1, 0.15) is 0 Å². The molecule has 3 aromatic carbocycles. The van der Waals surface area contributed by atoms with Crippen LogP contribution in [-0.4, -0.2) is 17.2 Å². The second kappa shape index (κ2) is 9.59. The van der Waals surface area contributed by atoms with Crippen molar-refractivity contribution in [2.24, 2.45) is 0 Å². The van der Waals surface area contributed by atoms with Crippen LogP contribution in [-0.2, 0) is 0 Å². The highest BCUT2D eigenvalue weighted by atomic mass is 79.9. The lowest BCUT2D eigenvalue weighted by Crippen LogP contribution is -2.16. The predicted molar refractivity (Wildman–Crippen MR) is 124 cm³/mol. The van der Waals surface area contributed by atoms with Gasteiger partial charge in [-0.2, -0.15) is 0 Å². The first-order chi connectivity index (χ1) is 15.5. The average molecular weight is 496 g/mol. The van der Waals surface area contributed by atoms with Crippen LogP contribution in [0, 0.1) is 11.6 Å². The Morgan fingerprint density at radius 2 is 1.59 bits per heavy atom. The van der Waals surface area contributed by atoms with Crippen LogP contribution in [0.2, 0.25) is 0 Å². The minimum absolute atomic E-state index is 0.130. The molecule has 1 heterocycles. The Morgan fingerprint density at radius 1 is 0.875 bits per heavy atom. The van der Waals surface area contributed by atoms with E-state index in [0.717, 1.165) is 27.2 Å². The van der Waals surface area contributed by atoms with Gasteiger partial charge in [-0.3, -0.25) is 0 Å². The smallest absolute Gasteiger partial charge is 0.216 e. The van der Waals surface area contributed by atoms with Crippen molar-refractivity contribution in [3.63, 3.8) is 0 Å². The van der Waals surface area contributed by atoms with Crippen molar-refractivity contribution in [1.29, 1.82) is 0 Å². The topological polar surface area (TPSA) is 42.4 Å². The second-order valence-electron chi connectivity index (χ2n) is 7.31. The highest BCUT2D eigenvalue weighted by Gasteiger charge is 2.31. The number of nitrogens with zero attached hydrogens (tertiary/aromatic N) is 1. The first kappa shape index (κ1) is 22.1. The molecular weight excluding hydrogens is 476 g/mol. The molecule has 6 heteroatoms. The second-order valence-corrected chi connectivity index (χ2v) is 8.22. The van der Waals surface area contributed by atoms with Gasteiger partial charge >= 0.3 is 0 Å². The molecule has 0 aliphatic rings. The van der Waals surface area contributed by atoms with Crippen LogP contribution in [0.15, 0.2) is 89.5 Å². The van der Waals surface area contributed by atoms with Gasteiger partial charge in [-0.25, -0.2) is 13.8 Å². The molecule has 0 aliphatic carbocycles. The number of hydrogen-bond acceptors (Lipinski definition) is 3. The van der Waals surface area contributed by atoms with Crippen molar-refractivity contribution in [3.05, 3.63) is 118 Å². The zero-order valence-electron chi connectivity index (χ0n) is 17.2. The van der Waals surface area contributed by atoms with E-state index in [0.29, 0.717) is 11.4 Å². The van der Waals surface area contributed by atoms with Gasteiger partial charge in [0.05, 0.1) is 13.2 Å². The summed E-state index contributed by atoms with van der Waals surface area (Å²) in [6.07, 6.45) is 0.312. The molecule has 162 valence electrons. The first-order valence-corrected chi connectivity index (χ1v) is 10.8. The molecule has 0 saturated heterocycles. The van der Waals surface area contributed by atoms with Gasteiger partial charge in [0, 0.05) is 33.3 Å². The molecule has 0 radical (unpaired) electrons. The van der Waals surface area contributed by atoms with Crippen LogP contribution in [0.4, 0.5) is 8.78 Å². The summed E-state index contributed by atoms with van der Waals surface area (Å²) < 4.78 is 35.0. The molecule has 0 fully saturated rings. The number of aliphatic hydroxyl groups excluding tert-OH is 1. The lowest BCUT2D eigenvalue weighted by Gasteiger charge is -2.26. The molecule has 3 nitrogen and oxygen atoms in total. The zero-order chi connectivity index (χ0) is 22.7. The number of aromatic nitrogens is 1. The number of hydrogen-bond donors (Lipinski definition) is 1. The van der Waals surface area contributed by atoms with E-state index in [1.807, 2.05) is 60.7 Å². The molecule has 2 atom stereocenters. The van der Waals surface area contributed by atoms with Crippen molar-refractivity contribution in [3.8, 4) is 17.0 Å². The van der Waals surface area contributed by atoms with Gasteiger partial charge in [0.2, 0.25) is 5.88 Å². The van der Waals surface area contributed by atoms with Crippen molar-refractivity contribution in [2.45, 2.75) is 12.0 Å². The van der Waals surface area contributed by atoms with E-state index in [9.17, 15) is 13.9 Å². The third kappa shape index (κ3) is 4.42. The summed E-state index contributed by atoms with van der Waals surface area (Å²) in [5.74, 6) is -2.53. The lowest BCUT2D eigenvalue weighted by molar-refractivity contribution is 0.152. The number of rotatable bonds is 6. The van der Waals surface area contributed by atoms with Gasteiger partial charge < -0.3 is 9.84 Å². The summed E-state index contributed by atoms with van der Waals surface area (Å²) in [5.41, 5.74) is 2.88. The van der Waals surface area contributed by atoms with Crippen LogP contribution >= 0.6 is 15.9 Å². The average Bonchev–Trinajstić information content (AvgIpc) is 2.82. The highest BCUT2D eigenvalue weighted by Crippen LogP contribution is 2.42. The Balaban J connectivity index is 1.90. The Kier molecular flexibility index (Phi) is 6.63. The Labute approximate surface area is 193 Å². The normalized spacial score (nSPS) is 12.9. The van der Waals surface area contributed by atoms with E-state index in [2.05, 4.69) is 20.9 Å². The summed E-state index contributed by atoms with van der Waals surface area (Å²) in [4.78, 5) is 4.45. The standard InChI is InChI=1S/C26H20BrF2NO2/c1-32-26-21(14-18(15-30-26)16-10-12-19(27)13-11-16)23(17-6-3-2-4-7-17)25(31)20-8-5-9-22(28)24(20)29/h2-15,23,25,31H,1H3. The molecular formula is C26H20BrF2NO2. The molecule has 0 saturated carbocycles. The quantitative estimate of drug-likeness (QED) is 0.325. The molecule has 0 spiro atoms. The molecule has 0 bridgehead atoms. The van der Waals surface area contributed by atoms with Crippen LogP contribution in [0.25, 0.3) is 11.1 Å². The van der Waals surface area contributed by atoms with Crippen molar-refractivity contribution in [2.75, 3.05) is 7.11 Å². The Hall–Kier alpha value is -3.09.